The third kappa shape index (κ3) is 4.58. The Bertz CT molecular complexity index is 1150. The van der Waals surface area contributed by atoms with Crippen LogP contribution in [0.4, 0.5) is 0 Å². The Morgan fingerprint density at radius 1 is 1.16 bits per heavy atom. The first-order valence-electron chi connectivity index (χ1n) is 10.3. The van der Waals surface area contributed by atoms with E-state index in [2.05, 4.69) is 15.9 Å². The van der Waals surface area contributed by atoms with Gasteiger partial charge in [0.15, 0.2) is 0 Å². The first-order chi connectivity index (χ1) is 14.7. The third-order valence-electron chi connectivity index (χ3n) is 5.46. The van der Waals surface area contributed by atoms with Crippen LogP contribution in [0.2, 0.25) is 0 Å². The third-order valence-corrected chi connectivity index (χ3v) is 8.28. The highest BCUT2D eigenvalue weighted by molar-refractivity contribution is 9.10. The van der Waals surface area contributed by atoms with E-state index in [1.165, 1.54) is 16.2 Å². The molecule has 1 aromatic carbocycles. The summed E-state index contributed by atoms with van der Waals surface area (Å²) in [5.74, 6) is 0.0757. The first-order valence-corrected chi connectivity index (χ1v) is 12.7. The van der Waals surface area contributed by atoms with Crippen molar-refractivity contribution < 1.29 is 9.59 Å². The lowest BCUT2D eigenvalue weighted by molar-refractivity contribution is 0.0596. The van der Waals surface area contributed by atoms with E-state index in [0.717, 1.165) is 36.3 Å². The number of halogens is 1. The molecule has 0 saturated heterocycles. The predicted molar refractivity (Wildman–Crippen MR) is 132 cm³/mol. The van der Waals surface area contributed by atoms with Crippen molar-refractivity contribution in [3.63, 3.8) is 0 Å². The second-order valence-corrected chi connectivity index (χ2v) is 11.9. The molecule has 0 bridgehead atoms. The van der Waals surface area contributed by atoms with Crippen LogP contribution in [0, 0.1) is 0 Å². The molecule has 3 heterocycles. The number of carbonyl (C=O) groups is 2. The highest BCUT2D eigenvalue weighted by Gasteiger charge is 2.30. The predicted octanol–water partition coefficient (Wildman–Crippen LogP) is 5.12. The summed E-state index contributed by atoms with van der Waals surface area (Å²) in [5.41, 5.74) is 6.54. The van der Waals surface area contributed by atoms with Crippen molar-refractivity contribution in [2.24, 2.45) is 5.73 Å². The van der Waals surface area contributed by atoms with Crippen molar-refractivity contribution in [2.45, 2.75) is 39.3 Å². The summed E-state index contributed by atoms with van der Waals surface area (Å²) >= 11 is 6.58. The molecule has 8 heteroatoms. The molecule has 2 aromatic heterocycles. The van der Waals surface area contributed by atoms with Gasteiger partial charge in [-0.2, -0.15) is 0 Å². The van der Waals surface area contributed by atoms with Crippen molar-refractivity contribution in [3.05, 3.63) is 55.0 Å². The Balaban J connectivity index is 1.54. The zero-order valence-electron chi connectivity index (χ0n) is 17.9. The fourth-order valence-corrected chi connectivity index (χ4v) is 6.39. The van der Waals surface area contributed by atoms with Gasteiger partial charge in [-0.3, -0.25) is 9.59 Å². The van der Waals surface area contributed by atoms with Crippen LogP contribution in [0.5, 0.6) is 0 Å². The van der Waals surface area contributed by atoms with Crippen LogP contribution in [0.3, 0.4) is 0 Å². The van der Waals surface area contributed by atoms with Gasteiger partial charge in [0.05, 0.1) is 9.75 Å². The maximum Gasteiger partial charge on any atom is 0.264 e. The fourth-order valence-electron chi connectivity index (χ4n) is 3.89. The van der Waals surface area contributed by atoms with Gasteiger partial charge in [0, 0.05) is 45.8 Å². The number of hydrogen-bond acceptors (Lipinski definition) is 5. The van der Waals surface area contributed by atoms with E-state index in [9.17, 15) is 9.59 Å². The van der Waals surface area contributed by atoms with Crippen molar-refractivity contribution >= 4 is 60.5 Å². The molecule has 5 nitrogen and oxygen atoms in total. The minimum absolute atomic E-state index is 0.0188. The molecule has 2 amide bonds. The Morgan fingerprint density at radius 2 is 1.94 bits per heavy atom. The average Bonchev–Trinajstić information content (AvgIpc) is 3.33. The number of thiophene rings is 2. The van der Waals surface area contributed by atoms with Gasteiger partial charge in [-0.15, -0.1) is 22.7 Å². The molecule has 0 unspecified atom stereocenters. The number of carbonyl (C=O) groups excluding carboxylic acids is 2. The Kier molecular flexibility index (Phi) is 6.27. The lowest BCUT2D eigenvalue weighted by Crippen LogP contribution is -2.47. The van der Waals surface area contributed by atoms with E-state index < -0.39 is 0 Å². The van der Waals surface area contributed by atoms with Gasteiger partial charge in [0.2, 0.25) is 0 Å². The van der Waals surface area contributed by atoms with Gasteiger partial charge < -0.3 is 15.5 Å². The van der Waals surface area contributed by atoms with Crippen LogP contribution >= 0.6 is 38.6 Å². The Morgan fingerprint density at radius 3 is 2.65 bits per heavy atom. The quantitative estimate of drug-likeness (QED) is 0.519. The summed E-state index contributed by atoms with van der Waals surface area (Å²) in [5, 5.41) is 1.08. The summed E-state index contributed by atoms with van der Waals surface area (Å²) in [7, 11) is 0. The zero-order valence-corrected chi connectivity index (χ0v) is 21.1. The molecule has 1 aliphatic heterocycles. The standard InChI is InChI=1S/C23H26BrN3O2S2/c1-23(2,3)27(9-7-25)22(29)20-12-15-13-26(8-6-18(15)31-20)21(28)19-11-14-10-16(24)4-5-17(14)30-19/h4-5,10-12H,6-9,13,25H2,1-3H3. The van der Waals surface area contributed by atoms with E-state index in [-0.39, 0.29) is 17.4 Å². The van der Waals surface area contributed by atoms with E-state index in [4.69, 9.17) is 5.73 Å². The van der Waals surface area contributed by atoms with Crippen LogP contribution in [0.15, 0.2) is 34.8 Å². The topological polar surface area (TPSA) is 66.6 Å². The molecule has 3 aromatic rings. The monoisotopic (exact) mass is 519 g/mol. The summed E-state index contributed by atoms with van der Waals surface area (Å²) < 4.78 is 2.11. The number of amides is 2. The molecule has 0 atom stereocenters. The van der Waals surface area contributed by atoms with Gasteiger partial charge in [0.1, 0.15) is 0 Å². The molecular formula is C23H26BrN3O2S2. The maximum absolute atomic E-state index is 13.2. The molecule has 0 radical (unpaired) electrons. The van der Waals surface area contributed by atoms with Crippen LogP contribution < -0.4 is 5.73 Å². The lowest BCUT2D eigenvalue weighted by Gasteiger charge is -2.35. The average molecular weight is 521 g/mol. The molecule has 164 valence electrons. The highest BCUT2D eigenvalue weighted by Crippen LogP contribution is 2.33. The zero-order chi connectivity index (χ0) is 22.3. The normalized spacial score (nSPS) is 14.0. The van der Waals surface area contributed by atoms with Gasteiger partial charge in [-0.1, -0.05) is 15.9 Å². The number of rotatable bonds is 4. The largest absolute Gasteiger partial charge is 0.333 e. The summed E-state index contributed by atoms with van der Waals surface area (Å²) in [6.07, 6.45) is 0.780. The second-order valence-electron chi connectivity index (χ2n) is 8.74. The minimum Gasteiger partial charge on any atom is -0.333 e. The van der Waals surface area contributed by atoms with Gasteiger partial charge >= 0.3 is 0 Å². The Labute approximate surface area is 199 Å². The van der Waals surface area contributed by atoms with Crippen molar-refractivity contribution in [1.82, 2.24) is 9.80 Å². The van der Waals surface area contributed by atoms with Gasteiger partial charge in [-0.25, -0.2) is 0 Å². The molecule has 2 N–H and O–H groups in total. The molecule has 0 saturated carbocycles. The van der Waals surface area contributed by atoms with Crippen LogP contribution in [-0.4, -0.2) is 46.8 Å². The van der Waals surface area contributed by atoms with Crippen LogP contribution in [0.1, 0.15) is 50.6 Å². The summed E-state index contributed by atoms with van der Waals surface area (Å²) in [6.45, 7) is 8.25. The fraction of sp³-hybridized carbons (Fsp3) is 0.391. The van der Waals surface area contributed by atoms with Crippen LogP contribution in [0.25, 0.3) is 10.1 Å². The highest BCUT2D eigenvalue weighted by atomic mass is 79.9. The first kappa shape index (κ1) is 22.5. The second kappa shape index (κ2) is 8.65. The number of nitrogens with zero attached hydrogens (tertiary/aromatic N) is 2. The Hall–Kier alpha value is -1.74. The summed E-state index contributed by atoms with van der Waals surface area (Å²) in [4.78, 5) is 32.7. The molecule has 31 heavy (non-hydrogen) atoms. The lowest BCUT2D eigenvalue weighted by atomic mass is 10.0. The maximum atomic E-state index is 13.2. The number of benzene rings is 1. The number of fused-ring (bicyclic) bond motifs is 2. The van der Waals surface area contributed by atoms with Crippen molar-refractivity contribution in [3.8, 4) is 0 Å². The van der Waals surface area contributed by atoms with Crippen LogP contribution in [-0.2, 0) is 13.0 Å². The van der Waals surface area contributed by atoms with E-state index >= 15 is 0 Å². The molecule has 4 rings (SSSR count). The van der Waals surface area contributed by atoms with E-state index in [1.54, 1.807) is 11.3 Å². The smallest absolute Gasteiger partial charge is 0.264 e. The van der Waals surface area contributed by atoms with Gasteiger partial charge in [-0.05, 0) is 68.5 Å². The SMILES string of the molecule is CC(C)(C)N(CCN)C(=O)c1cc2c(s1)CCN(C(=O)c1cc3cc(Br)ccc3s1)C2. The number of nitrogens with two attached hydrogens (primary N) is 1. The van der Waals surface area contributed by atoms with E-state index in [0.29, 0.717) is 26.2 Å². The van der Waals surface area contributed by atoms with Crippen molar-refractivity contribution in [1.29, 1.82) is 0 Å². The molecular weight excluding hydrogens is 494 g/mol. The van der Waals surface area contributed by atoms with E-state index in [1.807, 2.05) is 60.9 Å². The molecule has 0 fully saturated rings. The number of hydrogen-bond donors (Lipinski definition) is 1. The summed E-state index contributed by atoms with van der Waals surface area (Å²) in [6, 6.07) is 10.0. The van der Waals surface area contributed by atoms with Crippen molar-refractivity contribution in [2.75, 3.05) is 19.6 Å². The molecule has 1 aliphatic rings. The molecule has 0 aliphatic carbocycles. The molecule has 0 spiro atoms. The minimum atomic E-state index is -0.293. The van der Waals surface area contributed by atoms with Gasteiger partial charge in [0.25, 0.3) is 11.8 Å².